The molecule has 3 aromatic heterocycles. The number of nitrogens with zero attached hydrogens (tertiary/aromatic N) is 5. The first kappa shape index (κ1) is 26.7. The summed E-state index contributed by atoms with van der Waals surface area (Å²) in [6, 6.07) is 8.98. The summed E-state index contributed by atoms with van der Waals surface area (Å²) < 4.78 is 22.5. The summed E-state index contributed by atoms with van der Waals surface area (Å²) >= 11 is 0. The van der Waals surface area contributed by atoms with Gasteiger partial charge in [0.05, 0.1) is 36.0 Å². The molecule has 0 saturated carbocycles. The van der Waals surface area contributed by atoms with E-state index in [2.05, 4.69) is 51.4 Å². The summed E-state index contributed by atoms with van der Waals surface area (Å²) in [7, 11) is 4.02. The minimum Gasteiger partial charge on any atom is -0.457 e. The Balaban J connectivity index is 1.39. The molecule has 0 saturated heterocycles. The Morgan fingerprint density at radius 1 is 1.05 bits per heavy atom. The van der Waals surface area contributed by atoms with Crippen molar-refractivity contribution in [1.29, 1.82) is 0 Å². The van der Waals surface area contributed by atoms with E-state index < -0.39 is 11.8 Å². The first-order chi connectivity index (χ1) is 18.1. The Morgan fingerprint density at radius 2 is 1.84 bits per heavy atom. The summed E-state index contributed by atoms with van der Waals surface area (Å²) in [5.41, 5.74) is 2.95. The fourth-order valence-corrected chi connectivity index (χ4v) is 3.55. The molecule has 0 aliphatic carbocycles. The zero-order valence-corrected chi connectivity index (χ0v) is 22.2. The second kappa shape index (κ2) is 11.4. The number of aromatic nitrogens is 4. The van der Waals surface area contributed by atoms with Gasteiger partial charge in [0.1, 0.15) is 17.3 Å². The van der Waals surface area contributed by atoms with E-state index in [1.54, 1.807) is 43.0 Å². The molecule has 10 heteroatoms. The number of pyridine rings is 2. The minimum atomic E-state index is -0.629. The van der Waals surface area contributed by atoms with E-state index >= 15 is 0 Å². The Hall–Kier alpha value is -4.31. The molecule has 0 fully saturated rings. The number of hydrogen-bond donors (Lipinski definition) is 2. The third-order valence-electron chi connectivity index (χ3n) is 5.72. The van der Waals surface area contributed by atoms with Crippen LogP contribution in [0.2, 0.25) is 0 Å². The molecule has 0 spiro atoms. The normalized spacial score (nSPS) is 11.4. The van der Waals surface area contributed by atoms with E-state index in [1.807, 2.05) is 31.0 Å². The van der Waals surface area contributed by atoms with Crippen LogP contribution in [0.5, 0.6) is 11.5 Å². The van der Waals surface area contributed by atoms with Crippen LogP contribution in [0.4, 0.5) is 20.6 Å². The summed E-state index contributed by atoms with van der Waals surface area (Å²) in [6.45, 7) is 7.81. The maximum Gasteiger partial charge on any atom is 0.323 e. The highest BCUT2D eigenvalue weighted by Crippen LogP contribution is 2.28. The molecular weight excluding hydrogens is 485 g/mol. The van der Waals surface area contributed by atoms with Crippen LogP contribution in [-0.2, 0) is 12.0 Å². The van der Waals surface area contributed by atoms with Gasteiger partial charge in [-0.15, -0.1) is 0 Å². The fourth-order valence-electron chi connectivity index (χ4n) is 3.55. The van der Waals surface area contributed by atoms with E-state index in [-0.39, 0.29) is 16.9 Å². The molecular formula is C28H32FN7O2. The first-order valence-corrected chi connectivity index (χ1v) is 12.2. The van der Waals surface area contributed by atoms with Gasteiger partial charge in [0.2, 0.25) is 0 Å². The van der Waals surface area contributed by atoms with Crippen LogP contribution in [0, 0.1) is 5.82 Å². The van der Waals surface area contributed by atoms with E-state index in [0.29, 0.717) is 17.1 Å². The maximum absolute atomic E-state index is 14.8. The molecule has 0 aliphatic heterocycles. The van der Waals surface area contributed by atoms with Gasteiger partial charge in [-0.25, -0.2) is 9.18 Å². The topological polar surface area (TPSA) is 97.2 Å². The van der Waals surface area contributed by atoms with Gasteiger partial charge in [0, 0.05) is 42.8 Å². The highest BCUT2D eigenvalue weighted by atomic mass is 19.1. The molecule has 0 radical (unpaired) electrons. The molecule has 0 atom stereocenters. The van der Waals surface area contributed by atoms with Crippen molar-refractivity contribution in [3.05, 3.63) is 78.8 Å². The Morgan fingerprint density at radius 3 is 2.58 bits per heavy atom. The first-order valence-electron chi connectivity index (χ1n) is 12.2. The summed E-state index contributed by atoms with van der Waals surface area (Å²) in [6.07, 6.45) is 8.60. The van der Waals surface area contributed by atoms with Gasteiger partial charge >= 0.3 is 6.03 Å². The zero-order chi connectivity index (χ0) is 27.3. The second-order valence-corrected chi connectivity index (χ2v) is 10.2. The third-order valence-corrected chi connectivity index (χ3v) is 5.72. The van der Waals surface area contributed by atoms with Crippen molar-refractivity contribution in [2.75, 3.05) is 31.3 Å². The van der Waals surface area contributed by atoms with E-state index in [1.165, 1.54) is 12.1 Å². The van der Waals surface area contributed by atoms with Crippen molar-refractivity contribution in [3.63, 3.8) is 0 Å². The molecule has 4 aromatic rings. The number of halogens is 1. The highest BCUT2D eigenvalue weighted by molar-refractivity contribution is 5.99. The lowest BCUT2D eigenvalue weighted by atomic mass is 9.88. The largest absolute Gasteiger partial charge is 0.457 e. The molecule has 2 amide bonds. The smallest absolute Gasteiger partial charge is 0.323 e. The SMILES string of the molecule is CN(C)CCn1cc(-c2cc(Oc3ccc(NC(=O)Nc4cncc(C(C)(C)C)c4)c(F)c3)ccn2)cn1. The number of rotatable bonds is 8. The van der Waals surface area contributed by atoms with Crippen molar-refractivity contribution < 1.29 is 13.9 Å². The van der Waals surface area contributed by atoms with E-state index in [4.69, 9.17) is 4.74 Å². The maximum atomic E-state index is 14.8. The van der Waals surface area contributed by atoms with Crippen LogP contribution in [0.1, 0.15) is 26.3 Å². The number of urea groups is 1. The predicted octanol–water partition coefficient (Wildman–Crippen LogP) is 5.77. The average molecular weight is 518 g/mol. The number of hydrogen-bond acceptors (Lipinski definition) is 6. The third kappa shape index (κ3) is 7.13. The highest BCUT2D eigenvalue weighted by Gasteiger charge is 2.16. The predicted molar refractivity (Wildman–Crippen MR) is 146 cm³/mol. The van der Waals surface area contributed by atoms with Gasteiger partial charge in [0.25, 0.3) is 0 Å². The lowest BCUT2D eigenvalue weighted by Crippen LogP contribution is -2.21. The van der Waals surface area contributed by atoms with Gasteiger partial charge in [-0.2, -0.15) is 5.10 Å². The molecule has 2 N–H and O–H groups in total. The Labute approximate surface area is 221 Å². The lowest BCUT2D eigenvalue weighted by molar-refractivity contribution is 0.262. The van der Waals surface area contributed by atoms with Crippen molar-refractivity contribution >= 4 is 17.4 Å². The van der Waals surface area contributed by atoms with E-state index in [9.17, 15) is 9.18 Å². The van der Waals surface area contributed by atoms with Gasteiger partial charge in [-0.3, -0.25) is 14.6 Å². The minimum absolute atomic E-state index is 0.0235. The van der Waals surface area contributed by atoms with Crippen LogP contribution in [0.25, 0.3) is 11.3 Å². The summed E-state index contributed by atoms with van der Waals surface area (Å²) in [5, 5.41) is 9.60. The number of benzene rings is 1. The lowest BCUT2D eigenvalue weighted by Gasteiger charge is -2.19. The molecule has 38 heavy (non-hydrogen) atoms. The van der Waals surface area contributed by atoms with Crippen molar-refractivity contribution in [2.24, 2.45) is 0 Å². The van der Waals surface area contributed by atoms with Gasteiger partial charge in [0.15, 0.2) is 0 Å². The van der Waals surface area contributed by atoms with Crippen molar-refractivity contribution in [3.8, 4) is 22.8 Å². The monoisotopic (exact) mass is 517 g/mol. The molecule has 4 rings (SSSR count). The van der Waals surface area contributed by atoms with E-state index in [0.717, 1.165) is 24.2 Å². The molecule has 0 aliphatic rings. The van der Waals surface area contributed by atoms with Gasteiger partial charge < -0.3 is 20.3 Å². The zero-order valence-electron chi connectivity index (χ0n) is 22.2. The molecule has 1 aromatic carbocycles. The quantitative estimate of drug-likeness (QED) is 0.308. The van der Waals surface area contributed by atoms with Gasteiger partial charge in [-0.1, -0.05) is 20.8 Å². The molecule has 0 bridgehead atoms. The van der Waals surface area contributed by atoms with Crippen LogP contribution in [0.3, 0.4) is 0 Å². The number of ether oxygens (including phenoxy) is 1. The standard InChI is InChI=1S/C28H32FN7O2/c1-28(2,3)20-12-21(17-30-16-20)33-27(37)34-25-7-6-22(13-24(25)29)38-23-8-9-31-26(14-23)19-15-32-36(18-19)11-10-35(4)5/h6-9,12-18H,10-11H2,1-5H3,(H2,33,34,37). The van der Waals surface area contributed by atoms with Crippen LogP contribution in [0.15, 0.2) is 67.4 Å². The number of amides is 2. The number of carbonyl (C=O) groups is 1. The number of likely N-dealkylation sites (N-methyl/N-ethyl adjacent to an activating group) is 1. The van der Waals surface area contributed by atoms with Crippen LogP contribution >= 0.6 is 0 Å². The Kier molecular flexibility index (Phi) is 8.02. The average Bonchev–Trinajstić information content (AvgIpc) is 3.34. The van der Waals surface area contributed by atoms with Crippen LogP contribution in [-0.4, -0.2) is 51.3 Å². The second-order valence-electron chi connectivity index (χ2n) is 10.2. The summed E-state index contributed by atoms with van der Waals surface area (Å²) in [5.74, 6) is 0.158. The fraction of sp³-hybridized carbons (Fsp3) is 0.286. The van der Waals surface area contributed by atoms with Crippen LogP contribution < -0.4 is 15.4 Å². The number of carbonyl (C=O) groups excluding carboxylic acids is 1. The molecule has 0 unspecified atom stereocenters. The molecule has 9 nitrogen and oxygen atoms in total. The van der Waals surface area contributed by atoms with Crippen molar-refractivity contribution in [2.45, 2.75) is 32.7 Å². The Bertz CT molecular complexity index is 1410. The molecule has 3 heterocycles. The van der Waals surface area contributed by atoms with Gasteiger partial charge in [-0.05, 0) is 49.3 Å². The summed E-state index contributed by atoms with van der Waals surface area (Å²) in [4.78, 5) is 23.1. The molecule has 198 valence electrons. The number of anilines is 2. The number of nitrogens with one attached hydrogen (secondary N) is 2. The van der Waals surface area contributed by atoms with Crippen molar-refractivity contribution in [1.82, 2.24) is 24.6 Å².